The summed E-state index contributed by atoms with van der Waals surface area (Å²) in [6.07, 6.45) is 3.57. The molecule has 2 fully saturated rings. The van der Waals surface area contributed by atoms with Crippen LogP contribution in [0.4, 0.5) is 0 Å². The average molecular weight is 330 g/mol. The van der Waals surface area contributed by atoms with Gasteiger partial charge in [-0.15, -0.1) is 0 Å². The lowest BCUT2D eigenvalue weighted by Crippen LogP contribution is -2.49. The zero-order valence-corrected chi connectivity index (χ0v) is 14.3. The third-order valence-electron chi connectivity index (χ3n) is 5.28. The van der Waals surface area contributed by atoms with Crippen molar-refractivity contribution in [1.82, 2.24) is 9.80 Å². The predicted octanol–water partition coefficient (Wildman–Crippen LogP) is 2.04. The fraction of sp³-hybridized carbons (Fsp3) is 0.579. The summed E-state index contributed by atoms with van der Waals surface area (Å²) in [6.45, 7) is 4.17. The Bertz CT molecular complexity index is 616. The zero-order valence-electron chi connectivity index (χ0n) is 14.3. The summed E-state index contributed by atoms with van der Waals surface area (Å²) in [5, 5.41) is 9.66. The fourth-order valence-electron chi connectivity index (χ4n) is 3.84. The van der Waals surface area contributed by atoms with E-state index in [0.29, 0.717) is 31.0 Å². The number of hydrogen-bond acceptors (Lipinski definition) is 3. The van der Waals surface area contributed by atoms with E-state index in [4.69, 9.17) is 0 Å². The molecule has 2 atom stereocenters. The van der Waals surface area contributed by atoms with Crippen molar-refractivity contribution in [3.05, 3.63) is 35.4 Å². The highest BCUT2D eigenvalue weighted by Crippen LogP contribution is 2.25. The van der Waals surface area contributed by atoms with Crippen molar-refractivity contribution < 1.29 is 14.7 Å². The van der Waals surface area contributed by atoms with E-state index in [2.05, 4.69) is 6.92 Å². The van der Waals surface area contributed by atoms with Crippen LogP contribution in [0.15, 0.2) is 24.3 Å². The van der Waals surface area contributed by atoms with Crippen LogP contribution in [-0.4, -0.2) is 52.5 Å². The van der Waals surface area contributed by atoms with Crippen molar-refractivity contribution in [2.75, 3.05) is 19.7 Å². The molecule has 2 aliphatic heterocycles. The minimum atomic E-state index is -0.102. The number of hydrogen-bond donors (Lipinski definition) is 1. The van der Waals surface area contributed by atoms with Crippen LogP contribution >= 0.6 is 0 Å². The van der Waals surface area contributed by atoms with Crippen molar-refractivity contribution in [2.24, 2.45) is 5.92 Å². The van der Waals surface area contributed by atoms with E-state index in [1.807, 2.05) is 34.1 Å². The number of aliphatic hydroxyl groups excluding tert-OH is 1. The molecule has 0 bridgehead atoms. The standard InChI is InChI=1S/C19H26N2O3/c1-14-5-3-10-21(17(14)13-22)19(24)16-7-2-6-15(11-16)12-20-9-4-8-18(20)23/h2,6-7,11,14,17,22H,3-5,8-10,12-13H2,1H3. The summed E-state index contributed by atoms with van der Waals surface area (Å²) in [5.74, 6) is 0.491. The summed E-state index contributed by atoms with van der Waals surface area (Å²) in [4.78, 5) is 28.4. The molecule has 1 N–H and O–H groups in total. The Morgan fingerprint density at radius 2 is 2.12 bits per heavy atom. The summed E-state index contributed by atoms with van der Waals surface area (Å²) in [7, 11) is 0. The number of carbonyl (C=O) groups excluding carboxylic acids is 2. The van der Waals surface area contributed by atoms with Gasteiger partial charge >= 0.3 is 0 Å². The molecule has 2 unspecified atom stereocenters. The summed E-state index contributed by atoms with van der Waals surface area (Å²) in [5.41, 5.74) is 1.63. The third kappa shape index (κ3) is 3.46. The number of benzene rings is 1. The van der Waals surface area contributed by atoms with Crippen LogP contribution in [0.2, 0.25) is 0 Å². The lowest BCUT2D eigenvalue weighted by atomic mass is 9.90. The zero-order chi connectivity index (χ0) is 17.1. The first-order valence-corrected chi connectivity index (χ1v) is 8.88. The third-order valence-corrected chi connectivity index (χ3v) is 5.28. The molecular weight excluding hydrogens is 304 g/mol. The summed E-state index contributed by atoms with van der Waals surface area (Å²) < 4.78 is 0. The molecule has 5 heteroatoms. The van der Waals surface area contributed by atoms with Gasteiger partial charge in [-0.2, -0.15) is 0 Å². The quantitative estimate of drug-likeness (QED) is 0.919. The Hall–Kier alpha value is -1.88. The molecular formula is C19H26N2O3. The van der Waals surface area contributed by atoms with Gasteiger partial charge in [-0.3, -0.25) is 9.59 Å². The lowest BCUT2D eigenvalue weighted by molar-refractivity contribution is -0.128. The van der Waals surface area contributed by atoms with Crippen molar-refractivity contribution in [3.8, 4) is 0 Å². The normalized spacial score (nSPS) is 24.5. The number of carbonyl (C=O) groups is 2. The second-order valence-corrected chi connectivity index (χ2v) is 6.99. The molecule has 0 aliphatic carbocycles. The molecule has 1 aromatic carbocycles. The van der Waals surface area contributed by atoms with Crippen molar-refractivity contribution in [3.63, 3.8) is 0 Å². The Balaban J connectivity index is 1.75. The van der Waals surface area contributed by atoms with Gasteiger partial charge in [0.25, 0.3) is 5.91 Å². The van der Waals surface area contributed by atoms with E-state index < -0.39 is 0 Å². The molecule has 2 saturated heterocycles. The molecule has 0 saturated carbocycles. The minimum absolute atomic E-state index is 0.00881. The van der Waals surface area contributed by atoms with Gasteiger partial charge in [0, 0.05) is 31.6 Å². The van der Waals surface area contributed by atoms with Gasteiger partial charge in [-0.05, 0) is 42.9 Å². The smallest absolute Gasteiger partial charge is 0.254 e. The Labute approximate surface area is 143 Å². The van der Waals surface area contributed by atoms with Gasteiger partial charge in [-0.1, -0.05) is 19.1 Å². The topological polar surface area (TPSA) is 60.9 Å². The highest BCUT2D eigenvalue weighted by molar-refractivity contribution is 5.94. The maximum atomic E-state index is 12.9. The van der Waals surface area contributed by atoms with Crippen molar-refractivity contribution >= 4 is 11.8 Å². The van der Waals surface area contributed by atoms with Gasteiger partial charge in [0.2, 0.25) is 5.91 Å². The fourth-order valence-corrected chi connectivity index (χ4v) is 3.84. The number of piperidine rings is 1. The first kappa shape index (κ1) is 17.0. The molecule has 3 rings (SSSR count). The molecule has 24 heavy (non-hydrogen) atoms. The second-order valence-electron chi connectivity index (χ2n) is 6.99. The predicted molar refractivity (Wildman–Crippen MR) is 91.4 cm³/mol. The van der Waals surface area contributed by atoms with E-state index in [9.17, 15) is 14.7 Å². The molecule has 0 radical (unpaired) electrons. The SMILES string of the molecule is CC1CCCN(C(=O)c2cccc(CN3CCCC3=O)c2)C1CO. The van der Waals surface area contributed by atoms with Crippen LogP contribution < -0.4 is 0 Å². The monoisotopic (exact) mass is 330 g/mol. The van der Waals surface area contributed by atoms with Crippen LogP contribution in [0, 0.1) is 5.92 Å². The summed E-state index contributed by atoms with van der Waals surface area (Å²) >= 11 is 0. The van der Waals surface area contributed by atoms with Gasteiger partial charge in [0.1, 0.15) is 0 Å². The van der Waals surface area contributed by atoms with Crippen LogP contribution in [-0.2, 0) is 11.3 Å². The number of nitrogens with zero attached hydrogens (tertiary/aromatic N) is 2. The van der Waals surface area contributed by atoms with Crippen molar-refractivity contribution in [1.29, 1.82) is 0 Å². The first-order valence-electron chi connectivity index (χ1n) is 8.88. The van der Waals surface area contributed by atoms with Gasteiger partial charge in [0.05, 0.1) is 12.6 Å². The van der Waals surface area contributed by atoms with Crippen molar-refractivity contribution in [2.45, 2.75) is 45.2 Å². The molecule has 130 valence electrons. The molecule has 0 spiro atoms. The van der Waals surface area contributed by atoms with E-state index in [1.54, 1.807) is 0 Å². The highest BCUT2D eigenvalue weighted by atomic mass is 16.3. The Kier molecular flexibility index (Phi) is 5.19. The van der Waals surface area contributed by atoms with E-state index >= 15 is 0 Å². The van der Waals surface area contributed by atoms with Crippen LogP contribution in [0.25, 0.3) is 0 Å². The van der Waals surface area contributed by atoms with Gasteiger partial charge in [0.15, 0.2) is 0 Å². The molecule has 2 heterocycles. The van der Waals surface area contributed by atoms with Crippen LogP contribution in [0.3, 0.4) is 0 Å². The highest BCUT2D eigenvalue weighted by Gasteiger charge is 2.32. The summed E-state index contributed by atoms with van der Waals surface area (Å²) in [6, 6.07) is 7.46. The van der Waals surface area contributed by atoms with Crippen LogP contribution in [0.5, 0.6) is 0 Å². The maximum Gasteiger partial charge on any atom is 0.254 e. The number of amides is 2. The number of aliphatic hydroxyl groups is 1. The molecule has 5 nitrogen and oxygen atoms in total. The Morgan fingerprint density at radius 1 is 1.29 bits per heavy atom. The number of rotatable bonds is 4. The van der Waals surface area contributed by atoms with Gasteiger partial charge in [-0.25, -0.2) is 0 Å². The molecule has 2 aliphatic rings. The Morgan fingerprint density at radius 3 is 2.83 bits per heavy atom. The lowest BCUT2D eigenvalue weighted by Gasteiger charge is -2.39. The largest absolute Gasteiger partial charge is 0.394 e. The molecule has 1 aromatic rings. The first-order chi connectivity index (χ1) is 11.6. The molecule has 0 aromatic heterocycles. The molecule has 2 amide bonds. The second kappa shape index (κ2) is 7.34. The van der Waals surface area contributed by atoms with Crippen LogP contribution in [0.1, 0.15) is 48.5 Å². The maximum absolute atomic E-state index is 12.9. The van der Waals surface area contributed by atoms with E-state index in [1.165, 1.54) is 0 Å². The minimum Gasteiger partial charge on any atom is -0.394 e. The van der Waals surface area contributed by atoms with E-state index in [-0.39, 0.29) is 24.5 Å². The average Bonchev–Trinajstić information content (AvgIpc) is 2.99. The number of likely N-dealkylation sites (tertiary alicyclic amines) is 2. The van der Waals surface area contributed by atoms with Gasteiger partial charge < -0.3 is 14.9 Å². The van der Waals surface area contributed by atoms with E-state index in [0.717, 1.165) is 31.4 Å².